The second-order valence-corrected chi connectivity index (χ2v) is 5.97. The predicted molar refractivity (Wildman–Crippen MR) is 73.5 cm³/mol. The number of amides is 1. The molecule has 2 rings (SSSR count). The molecule has 18 heavy (non-hydrogen) atoms. The summed E-state index contributed by atoms with van der Waals surface area (Å²) >= 11 is 0. The Bertz CT molecular complexity index is 454. The maximum atomic E-state index is 12.4. The zero-order valence-corrected chi connectivity index (χ0v) is 11.4. The molecule has 1 heterocycles. The maximum absolute atomic E-state index is 12.4. The third-order valence-electron chi connectivity index (χ3n) is 4.00. The number of rotatable bonds is 1. The molecule has 1 aromatic carbocycles. The molecule has 0 saturated carbocycles. The number of hydrogen-bond acceptors (Lipinski definition) is 2. The van der Waals surface area contributed by atoms with Gasteiger partial charge in [-0.1, -0.05) is 31.5 Å². The Hall–Kier alpha value is -1.35. The molecule has 0 radical (unpaired) electrons. The summed E-state index contributed by atoms with van der Waals surface area (Å²) < 4.78 is 0. The van der Waals surface area contributed by atoms with Crippen LogP contribution < -0.4 is 5.73 Å². The molecule has 0 bridgehead atoms. The van der Waals surface area contributed by atoms with Gasteiger partial charge in [-0.15, -0.1) is 0 Å². The average molecular weight is 246 g/mol. The predicted octanol–water partition coefficient (Wildman–Crippen LogP) is 2.19. The normalized spacial score (nSPS) is 22.9. The summed E-state index contributed by atoms with van der Waals surface area (Å²) in [7, 11) is 0. The average Bonchev–Trinajstić information content (AvgIpc) is 2.32. The van der Waals surface area contributed by atoms with E-state index >= 15 is 0 Å². The number of carbonyl (C=O) groups excluding carboxylic acids is 1. The SMILES string of the molecule is Cc1cccc(C(=O)N2CCC(C)(C)C(N)C2)c1. The van der Waals surface area contributed by atoms with Crippen molar-refractivity contribution in [3.8, 4) is 0 Å². The largest absolute Gasteiger partial charge is 0.337 e. The third-order valence-corrected chi connectivity index (χ3v) is 4.00. The number of benzene rings is 1. The minimum atomic E-state index is 0.0556. The smallest absolute Gasteiger partial charge is 0.253 e. The number of hydrogen-bond donors (Lipinski definition) is 1. The van der Waals surface area contributed by atoms with Gasteiger partial charge in [-0.05, 0) is 30.9 Å². The Balaban J connectivity index is 2.12. The van der Waals surface area contributed by atoms with Crippen LogP contribution in [0.5, 0.6) is 0 Å². The molecule has 1 atom stereocenters. The quantitative estimate of drug-likeness (QED) is 0.825. The van der Waals surface area contributed by atoms with Crippen LogP contribution in [-0.2, 0) is 0 Å². The summed E-state index contributed by atoms with van der Waals surface area (Å²) in [5, 5.41) is 0. The maximum Gasteiger partial charge on any atom is 0.253 e. The van der Waals surface area contributed by atoms with Gasteiger partial charge in [0.2, 0.25) is 0 Å². The van der Waals surface area contributed by atoms with Crippen LogP contribution in [0.2, 0.25) is 0 Å². The van der Waals surface area contributed by atoms with E-state index in [0.29, 0.717) is 6.54 Å². The highest BCUT2D eigenvalue weighted by atomic mass is 16.2. The van der Waals surface area contributed by atoms with Crippen LogP contribution in [0, 0.1) is 12.3 Å². The number of piperidine rings is 1. The van der Waals surface area contributed by atoms with Gasteiger partial charge in [0.05, 0.1) is 0 Å². The molecule has 1 aromatic rings. The van der Waals surface area contributed by atoms with Gasteiger partial charge in [-0.25, -0.2) is 0 Å². The van der Waals surface area contributed by atoms with E-state index in [2.05, 4.69) is 13.8 Å². The number of nitrogens with two attached hydrogens (primary N) is 1. The summed E-state index contributed by atoms with van der Waals surface area (Å²) in [5.41, 5.74) is 8.16. The number of aryl methyl sites for hydroxylation is 1. The molecule has 3 heteroatoms. The fourth-order valence-corrected chi connectivity index (χ4v) is 2.33. The highest BCUT2D eigenvalue weighted by molar-refractivity contribution is 5.94. The van der Waals surface area contributed by atoms with Crippen LogP contribution in [0.25, 0.3) is 0 Å². The van der Waals surface area contributed by atoms with Crippen molar-refractivity contribution in [1.29, 1.82) is 0 Å². The van der Waals surface area contributed by atoms with Crippen LogP contribution in [0.4, 0.5) is 0 Å². The molecule has 1 unspecified atom stereocenters. The van der Waals surface area contributed by atoms with Crippen LogP contribution in [0.1, 0.15) is 36.2 Å². The molecule has 98 valence electrons. The second-order valence-electron chi connectivity index (χ2n) is 5.97. The molecule has 0 aliphatic carbocycles. The van der Waals surface area contributed by atoms with E-state index in [4.69, 9.17) is 5.73 Å². The lowest BCUT2D eigenvalue weighted by Crippen LogP contribution is -2.54. The Morgan fingerprint density at radius 1 is 1.44 bits per heavy atom. The van der Waals surface area contributed by atoms with Gasteiger partial charge in [0, 0.05) is 24.7 Å². The zero-order chi connectivity index (χ0) is 13.3. The first-order valence-electron chi connectivity index (χ1n) is 6.52. The van der Waals surface area contributed by atoms with Crippen LogP contribution in [-0.4, -0.2) is 29.9 Å². The number of carbonyl (C=O) groups is 1. The topological polar surface area (TPSA) is 46.3 Å². The Kier molecular flexibility index (Phi) is 3.44. The van der Waals surface area contributed by atoms with Crippen molar-refractivity contribution in [1.82, 2.24) is 4.90 Å². The van der Waals surface area contributed by atoms with E-state index < -0.39 is 0 Å². The lowest BCUT2D eigenvalue weighted by molar-refractivity contribution is 0.0575. The summed E-state index contributed by atoms with van der Waals surface area (Å²) in [6.45, 7) is 7.80. The minimum Gasteiger partial charge on any atom is -0.337 e. The van der Waals surface area contributed by atoms with E-state index in [1.54, 1.807) is 0 Å². The van der Waals surface area contributed by atoms with Crippen molar-refractivity contribution < 1.29 is 4.79 Å². The van der Waals surface area contributed by atoms with Gasteiger partial charge in [0.25, 0.3) is 5.91 Å². The molecular formula is C15H22N2O. The first kappa shape index (κ1) is 13.1. The van der Waals surface area contributed by atoms with E-state index in [9.17, 15) is 4.79 Å². The fourth-order valence-electron chi connectivity index (χ4n) is 2.33. The summed E-state index contributed by atoms with van der Waals surface area (Å²) in [6.07, 6.45) is 0.964. The van der Waals surface area contributed by atoms with Crippen LogP contribution in [0.3, 0.4) is 0 Å². The molecule has 1 aliphatic rings. The van der Waals surface area contributed by atoms with Gasteiger partial charge in [-0.2, -0.15) is 0 Å². The molecule has 3 nitrogen and oxygen atoms in total. The molecule has 0 spiro atoms. The first-order valence-corrected chi connectivity index (χ1v) is 6.52. The zero-order valence-electron chi connectivity index (χ0n) is 11.4. The van der Waals surface area contributed by atoms with Crippen molar-refractivity contribution in [3.05, 3.63) is 35.4 Å². The summed E-state index contributed by atoms with van der Waals surface area (Å²) in [4.78, 5) is 14.3. The molecule has 2 N–H and O–H groups in total. The molecule has 1 saturated heterocycles. The Morgan fingerprint density at radius 3 is 2.78 bits per heavy atom. The number of likely N-dealkylation sites (tertiary alicyclic amines) is 1. The lowest BCUT2D eigenvalue weighted by Gasteiger charge is -2.42. The van der Waals surface area contributed by atoms with Crippen molar-refractivity contribution in [2.45, 2.75) is 33.2 Å². The second kappa shape index (κ2) is 4.73. The van der Waals surface area contributed by atoms with E-state index in [0.717, 1.165) is 24.1 Å². The minimum absolute atomic E-state index is 0.0556. The standard InChI is InChI=1S/C15H22N2O/c1-11-5-4-6-12(9-11)14(18)17-8-7-15(2,3)13(16)10-17/h4-6,9,13H,7-8,10,16H2,1-3H3. The van der Waals surface area contributed by atoms with Gasteiger partial charge in [0.15, 0.2) is 0 Å². The van der Waals surface area contributed by atoms with Crippen LogP contribution in [0.15, 0.2) is 24.3 Å². The summed E-state index contributed by atoms with van der Waals surface area (Å²) in [5.74, 6) is 0.102. The highest BCUT2D eigenvalue weighted by Crippen LogP contribution is 2.29. The first-order chi connectivity index (χ1) is 8.40. The molecule has 1 amide bonds. The fraction of sp³-hybridized carbons (Fsp3) is 0.533. The monoisotopic (exact) mass is 246 g/mol. The van der Waals surface area contributed by atoms with E-state index in [-0.39, 0.29) is 17.4 Å². The van der Waals surface area contributed by atoms with Crippen molar-refractivity contribution in [2.75, 3.05) is 13.1 Å². The Morgan fingerprint density at radius 2 is 2.17 bits per heavy atom. The van der Waals surface area contributed by atoms with E-state index in [1.807, 2.05) is 36.1 Å². The Labute approximate surface area is 109 Å². The molecule has 1 fully saturated rings. The van der Waals surface area contributed by atoms with Gasteiger partial charge in [-0.3, -0.25) is 4.79 Å². The third kappa shape index (κ3) is 2.56. The van der Waals surface area contributed by atoms with Crippen molar-refractivity contribution >= 4 is 5.91 Å². The lowest BCUT2D eigenvalue weighted by atomic mass is 9.78. The van der Waals surface area contributed by atoms with E-state index in [1.165, 1.54) is 0 Å². The summed E-state index contributed by atoms with van der Waals surface area (Å²) in [6, 6.07) is 7.80. The molecular weight excluding hydrogens is 224 g/mol. The highest BCUT2D eigenvalue weighted by Gasteiger charge is 2.34. The van der Waals surface area contributed by atoms with Gasteiger partial charge >= 0.3 is 0 Å². The molecule has 0 aromatic heterocycles. The van der Waals surface area contributed by atoms with Gasteiger partial charge in [0.1, 0.15) is 0 Å². The van der Waals surface area contributed by atoms with Crippen molar-refractivity contribution in [3.63, 3.8) is 0 Å². The van der Waals surface area contributed by atoms with Gasteiger partial charge < -0.3 is 10.6 Å². The van der Waals surface area contributed by atoms with Crippen molar-refractivity contribution in [2.24, 2.45) is 11.1 Å². The van der Waals surface area contributed by atoms with Crippen LogP contribution >= 0.6 is 0 Å². The number of nitrogens with zero attached hydrogens (tertiary/aromatic N) is 1. The molecule has 1 aliphatic heterocycles.